The fraction of sp³-hybridized carbons (Fsp3) is 0.789. The van der Waals surface area contributed by atoms with Crippen molar-refractivity contribution < 1.29 is 37.1 Å². The first-order valence-corrected chi connectivity index (χ1v) is 11.9. The van der Waals surface area contributed by atoms with E-state index in [9.17, 15) is 27.6 Å². The van der Waals surface area contributed by atoms with E-state index in [1.54, 1.807) is 13.8 Å². The highest BCUT2D eigenvalue weighted by atomic mass is 32.2. The van der Waals surface area contributed by atoms with Crippen molar-refractivity contribution >= 4 is 33.6 Å². The lowest BCUT2D eigenvalue weighted by atomic mass is 9.82. The minimum atomic E-state index is -3.61. The SMILES string of the molecule is CCOC(=O)C1CCC(C(=O)OCC)N1C(=O)C1CCS(=O)(=O)C12CN(C(C)=O)C2. The summed E-state index contributed by atoms with van der Waals surface area (Å²) in [4.78, 5) is 52.8. The van der Waals surface area contributed by atoms with Crippen LogP contribution in [0.5, 0.6) is 0 Å². The van der Waals surface area contributed by atoms with Crippen molar-refractivity contribution in [3.8, 4) is 0 Å². The molecular weight excluding hydrogens is 416 g/mol. The number of nitrogens with zero attached hydrogens (tertiary/aromatic N) is 2. The maximum Gasteiger partial charge on any atom is 0.328 e. The highest BCUT2D eigenvalue weighted by Gasteiger charge is 2.66. The predicted octanol–water partition coefficient (Wildman–Crippen LogP) is -0.492. The van der Waals surface area contributed by atoms with E-state index in [2.05, 4.69) is 0 Å². The summed E-state index contributed by atoms with van der Waals surface area (Å²) in [7, 11) is -3.61. The minimum Gasteiger partial charge on any atom is -0.464 e. The van der Waals surface area contributed by atoms with E-state index < -0.39 is 50.4 Å². The lowest BCUT2D eigenvalue weighted by Gasteiger charge is -2.49. The molecule has 1 spiro atoms. The standard InChI is InChI=1S/C19H28N2O8S/c1-4-28-17(24)14-6-7-15(18(25)29-5-2)21(14)16(23)13-8-9-30(26,27)19(13)10-20(11-19)12(3)22/h13-15H,4-11H2,1-3H3. The Bertz CT molecular complexity index is 823. The molecule has 30 heavy (non-hydrogen) atoms. The molecule has 0 N–H and O–H groups in total. The maximum atomic E-state index is 13.6. The lowest BCUT2D eigenvalue weighted by Crippen LogP contribution is -2.70. The van der Waals surface area contributed by atoms with E-state index in [4.69, 9.17) is 9.47 Å². The summed E-state index contributed by atoms with van der Waals surface area (Å²) in [6, 6.07) is -1.92. The monoisotopic (exact) mass is 444 g/mol. The van der Waals surface area contributed by atoms with Crippen LogP contribution >= 0.6 is 0 Å². The number of esters is 2. The number of carbonyl (C=O) groups excluding carboxylic acids is 4. The zero-order chi connectivity index (χ0) is 22.3. The van der Waals surface area contributed by atoms with E-state index in [0.717, 1.165) is 0 Å². The summed E-state index contributed by atoms with van der Waals surface area (Å²) < 4.78 is 34.4. The van der Waals surface area contributed by atoms with Crippen LogP contribution in [0.3, 0.4) is 0 Å². The Hall–Kier alpha value is -2.17. The minimum absolute atomic E-state index is 0.0525. The average molecular weight is 445 g/mol. The van der Waals surface area contributed by atoms with E-state index in [0.29, 0.717) is 0 Å². The number of sulfone groups is 1. The van der Waals surface area contributed by atoms with Crippen LogP contribution in [0.4, 0.5) is 0 Å². The molecule has 0 aliphatic carbocycles. The lowest BCUT2D eigenvalue weighted by molar-refractivity contribution is -0.163. The van der Waals surface area contributed by atoms with Gasteiger partial charge < -0.3 is 19.3 Å². The van der Waals surface area contributed by atoms with Crippen molar-refractivity contribution in [2.75, 3.05) is 32.1 Å². The summed E-state index contributed by atoms with van der Waals surface area (Å²) in [5.41, 5.74) is 0. The van der Waals surface area contributed by atoms with Gasteiger partial charge in [-0.25, -0.2) is 18.0 Å². The first-order valence-electron chi connectivity index (χ1n) is 10.2. The first-order chi connectivity index (χ1) is 14.1. The van der Waals surface area contributed by atoms with Crippen LogP contribution in [0.25, 0.3) is 0 Å². The highest BCUT2D eigenvalue weighted by Crippen LogP contribution is 2.46. The van der Waals surface area contributed by atoms with Crippen molar-refractivity contribution in [2.24, 2.45) is 5.92 Å². The fourth-order valence-electron chi connectivity index (χ4n) is 4.78. The van der Waals surface area contributed by atoms with E-state index in [-0.39, 0.29) is 57.2 Å². The molecule has 3 aliphatic rings. The molecule has 3 fully saturated rings. The van der Waals surface area contributed by atoms with Gasteiger partial charge >= 0.3 is 11.9 Å². The smallest absolute Gasteiger partial charge is 0.328 e. The van der Waals surface area contributed by atoms with Crippen LogP contribution in [0.1, 0.15) is 40.0 Å². The second-order valence-electron chi connectivity index (χ2n) is 7.96. The third-order valence-electron chi connectivity index (χ3n) is 6.35. The van der Waals surface area contributed by atoms with Crippen molar-refractivity contribution in [2.45, 2.75) is 56.9 Å². The molecule has 3 unspecified atom stereocenters. The van der Waals surface area contributed by atoms with Crippen LogP contribution in [-0.4, -0.2) is 90.9 Å². The highest BCUT2D eigenvalue weighted by molar-refractivity contribution is 7.93. The molecule has 3 rings (SSSR count). The number of likely N-dealkylation sites (tertiary alicyclic amines) is 2. The van der Waals surface area contributed by atoms with Gasteiger partial charge in [0, 0.05) is 20.0 Å². The Morgan fingerprint density at radius 3 is 1.87 bits per heavy atom. The van der Waals surface area contributed by atoms with Crippen molar-refractivity contribution in [1.29, 1.82) is 0 Å². The third-order valence-corrected chi connectivity index (χ3v) is 8.90. The molecule has 0 aromatic heterocycles. The molecule has 2 amide bonds. The van der Waals surface area contributed by atoms with Gasteiger partial charge in [0.05, 0.1) is 24.9 Å². The topological polar surface area (TPSA) is 127 Å². The normalized spacial score (nSPS) is 28.8. The largest absolute Gasteiger partial charge is 0.464 e. The van der Waals surface area contributed by atoms with E-state index >= 15 is 0 Å². The van der Waals surface area contributed by atoms with Gasteiger partial charge in [0.25, 0.3) is 0 Å². The van der Waals surface area contributed by atoms with Gasteiger partial charge in [-0.3, -0.25) is 9.59 Å². The number of hydrogen-bond donors (Lipinski definition) is 0. The summed E-state index contributed by atoms with van der Waals surface area (Å²) >= 11 is 0. The Kier molecular flexibility index (Phi) is 6.13. The van der Waals surface area contributed by atoms with Gasteiger partial charge in [0.15, 0.2) is 9.84 Å². The molecule has 0 radical (unpaired) electrons. The summed E-state index contributed by atoms with van der Waals surface area (Å²) in [5, 5.41) is 0. The maximum absolute atomic E-state index is 13.6. The number of hydrogen-bond acceptors (Lipinski definition) is 8. The number of amides is 2. The molecular formula is C19H28N2O8S. The molecule has 3 atom stereocenters. The Morgan fingerprint density at radius 2 is 1.43 bits per heavy atom. The second-order valence-corrected chi connectivity index (χ2v) is 10.4. The zero-order valence-electron chi connectivity index (χ0n) is 17.5. The van der Waals surface area contributed by atoms with Gasteiger partial charge in [0.2, 0.25) is 11.8 Å². The molecule has 0 bridgehead atoms. The molecule has 0 saturated carbocycles. The third kappa shape index (κ3) is 3.46. The predicted molar refractivity (Wildman–Crippen MR) is 104 cm³/mol. The van der Waals surface area contributed by atoms with E-state index in [1.165, 1.54) is 16.7 Å². The van der Waals surface area contributed by atoms with Crippen molar-refractivity contribution in [3.05, 3.63) is 0 Å². The second kappa shape index (κ2) is 8.16. The summed E-state index contributed by atoms with van der Waals surface area (Å²) in [5.74, 6) is -3.16. The quantitative estimate of drug-likeness (QED) is 0.520. The number of rotatable bonds is 5. The van der Waals surface area contributed by atoms with Gasteiger partial charge in [-0.1, -0.05) is 0 Å². The van der Waals surface area contributed by atoms with E-state index in [1.807, 2.05) is 0 Å². The Labute approximate surface area is 175 Å². The van der Waals surface area contributed by atoms with Crippen LogP contribution in [0.2, 0.25) is 0 Å². The number of carbonyl (C=O) groups is 4. The molecule has 168 valence electrons. The van der Waals surface area contributed by atoms with Crippen molar-refractivity contribution in [1.82, 2.24) is 9.80 Å². The first kappa shape index (κ1) is 22.5. The van der Waals surface area contributed by atoms with Crippen LogP contribution in [0, 0.1) is 5.92 Å². The van der Waals surface area contributed by atoms with Crippen LogP contribution < -0.4 is 0 Å². The summed E-state index contributed by atoms with van der Waals surface area (Å²) in [6.07, 6.45) is 0.564. The van der Waals surface area contributed by atoms with Gasteiger partial charge in [-0.05, 0) is 33.1 Å². The molecule has 0 aromatic carbocycles. The molecule has 11 heteroatoms. The average Bonchev–Trinajstić information content (AvgIpc) is 3.18. The van der Waals surface area contributed by atoms with Crippen LogP contribution in [0.15, 0.2) is 0 Å². The molecule has 0 aromatic rings. The summed E-state index contributed by atoms with van der Waals surface area (Å²) in [6.45, 7) is 4.77. The Balaban J connectivity index is 1.93. The molecule has 3 heterocycles. The zero-order valence-corrected chi connectivity index (χ0v) is 18.3. The molecule has 3 aliphatic heterocycles. The fourth-order valence-corrected chi connectivity index (χ4v) is 7.09. The molecule has 10 nitrogen and oxygen atoms in total. The number of ether oxygens (including phenoxy) is 2. The van der Waals surface area contributed by atoms with Gasteiger partial charge in [0.1, 0.15) is 16.8 Å². The van der Waals surface area contributed by atoms with Gasteiger partial charge in [-0.15, -0.1) is 0 Å². The van der Waals surface area contributed by atoms with Gasteiger partial charge in [-0.2, -0.15) is 0 Å². The molecule has 3 saturated heterocycles. The van der Waals surface area contributed by atoms with Crippen LogP contribution in [-0.2, 0) is 38.5 Å². The van der Waals surface area contributed by atoms with Crippen molar-refractivity contribution in [3.63, 3.8) is 0 Å². The Morgan fingerprint density at radius 1 is 0.933 bits per heavy atom.